The molecule has 5 rings (SSSR count). The number of amides is 1. The van der Waals surface area contributed by atoms with Crippen LogP contribution >= 0.6 is 34.3 Å². The summed E-state index contributed by atoms with van der Waals surface area (Å²) in [7, 11) is 0. The first-order chi connectivity index (χ1) is 16.8. The molecule has 3 heterocycles. The molecule has 35 heavy (non-hydrogen) atoms. The van der Waals surface area contributed by atoms with Crippen molar-refractivity contribution in [2.75, 3.05) is 5.32 Å². The molecule has 0 saturated heterocycles. The first-order valence-corrected chi connectivity index (χ1v) is 12.8. The number of aromatic nitrogens is 1. The van der Waals surface area contributed by atoms with Crippen LogP contribution in [0.4, 0.5) is 10.5 Å². The van der Waals surface area contributed by atoms with Crippen LogP contribution in [0.15, 0.2) is 40.9 Å². The van der Waals surface area contributed by atoms with Crippen LogP contribution in [-0.4, -0.2) is 22.3 Å². The first kappa shape index (κ1) is 23.4. The van der Waals surface area contributed by atoms with Crippen LogP contribution in [-0.2, 0) is 14.9 Å². The van der Waals surface area contributed by atoms with Gasteiger partial charge in [0.05, 0.1) is 8.89 Å². The van der Waals surface area contributed by atoms with Crippen molar-refractivity contribution in [3.63, 3.8) is 0 Å². The SMILES string of the molecule is Cc1noc(C#Cc2cc3cc(C4(C(=O)O)CC4)sc3s2)c1NC(=O)OC(C)c1ccccc1Cl. The summed E-state index contributed by atoms with van der Waals surface area (Å²) >= 11 is 9.19. The van der Waals surface area contributed by atoms with E-state index < -0.39 is 23.6 Å². The van der Waals surface area contributed by atoms with Gasteiger partial charge in [-0.2, -0.15) is 0 Å². The number of nitrogens with zero attached hydrogens (tertiary/aromatic N) is 1. The highest BCUT2D eigenvalue weighted by atomic mass is 35.5. The summed E-state index contributed by atoms with van der Waals surface area (Å²) in [5.74, 6) is 5.43. The Morgan fingerprint density at radius 3 is 2.71 bits per heavy atom. The lowest BCUT2D eigenvalue weighted by Gasteiger charge is -2.15. The minimum Gasteiger partial charge on any atom is -0.481 e. The highest BCUT2D eigenvalue weighted by Crippen LogP contribution is 2.52. The maximum absolute atomic E-state index is 12.5. The van der Waals surface area contributed by atoms with E-state index in [-0.39, 0.29) is 5.76 Å². The summed E-state index contributed by atoms with van der Waals surface area (Å²) in [6, 6.07) is 11.0. The fraction of sp³-hybridized carbons (Fsp3) is 0.240. The molecular weight excluding hydrogens is 508 g/mol. The molecule has 7 nitrogen and oxygen atoms in total. The second-order valence-electron chi connectivity index (χ2n) is 8.27. The van der Waals surface area contributed by atoms with E-state index in [1.54, 1.807) is 32.0 Å². The van der Waals surface area contributed by atoms with Crippen LogP contribution in [0.5, 0.6) is 0 Å². The number of carbonyl (C=O) groups is 2. The van der Waals surface area contributed by atoms with Gasteiger partial charge in [-0.15, -0.1) is 22.7 Å². The van der Waals surface area contributed by atoms with Gasteiger partial charge < -0.3 is 14.4 Å². The third kappa shape index (κ3) is 4.52. The van der Waals surface area contributed by atoms with Gasteiger partial charge in [-0.25, -0.2) is 4.79 Å². The smallest absolute Gasteiger partial charge is 0.412 e. The van der Waals surface area contributed by atoms with Crippen molar-refractivity contribution in [3.05, 3.63) is 68.2 Å². The number of carboxylic acid groups (broad SMARTS) is 1. The number of nitrogens with one attached hydrogen (secondary N) is 1. The van der Waals surface area contributed by atoms with Gasteiger partial charge in [-0.1, -0.05) is 35.0 Å². The number of hydrogen-bond donors (Lipinski definition) is 2. The second kappa shape index (κ2) is 9.04. The van der Waals surface area contributed by atoms with Crippen LogP contribution < -0.4 is 5.32 Å². The highest BCUT2D eigenvalue weighted by Gasteiger charge is 2.53. The molecule has 1 saturated carbocycles. The molecular formula is C25H19ClN2O5S2. The Balaban J connectivity index is 1.30. The van der Waals surface area contributed by atoms with Crippen LogP contribution in [0.3, 0.4) is 0 Å². The maximum atomic E-state index is 12.5. The lowest BCUT2D eigenvalue weighted by molar-refractivity contribution is -0.139. The molecule has 1 unspecified atom stereocenters. The number of benzene rings is 1. The van der Waals surface area contributed by atoms with E-state index in [2.05, 4.69) is 22.3 Å². The zero-order chi connectivity index (χ0) is 24.7. The van der Waals surface area contributed by atoms with E-state index in [9.17, 15) is 14.7 Å². The lowest BCUT2D eigenvalue weighted by Crippen LogP contribution is -2.17. The number of fused-ring (bicyclic) bond motifs is 1. The predicted octanol–water partition coefficient (Wildman–Crippen LogP) is 6.74. The third-order valence-corrected chi connectivity index (χ3v) is 8.72. The molecule has 1 aliphatic carbocycles. The molecule has 1 atom stereocenters. The fourth-order valence-electron chi connectivity index (χ4n) is 3.71. The number of anilines is 1. The summed E-state index contributed by atoms with van der Waals surface area (Å²) in [6.45, 7) is 3.43. The number of thiophene rings is 2. The van der Waals surface area contributed by atoms with Crippen molar-refractivity contribution in [1.82, 2.24) is 5.16 Å². The van der Waals surface area contributed by atoms with Crippen LogP contribution in [0.25, 0.3) is 9.40 Å². The average molecular weight is 527 g/mol. The Labute approximate surface area is 213 Å². The van der Waals surface area contributed by atoms with E-state index >= 15 is 0 Å². The van der Waals surface area contributed by atoms with Crippen molar-refractivity contribution < 1.29 is 24.0 Å². The zero-order valence-electron chi connectivity index (χ0n) is 18.7. The number of halogens is 1. The summed E-state index contributed by atoms with van der Waals surface area (Å²) in [5.41, 5.74) is 0.803. The van der Waals surface area contributed by atoms with Gasteiger partial charge in [0.1, 0.15) is 22.9 Å². The molecule has 0 spiro atoms. The van der Waals surface area contributed by atoms with Gasteiger partial charge in [-0.3, -0.25) is 10.1 Å². The molecule has 0 aliphatic heterocycles. The van der Waals surface area contributed by atoms with E-state index in [4.69, 9.17) is 20.9 Å². The van der Waals surface area contributed by atoms with Gasteiger partial charge in [0.25, 0.3) is 0 Å². The summed E-state index contributed by atoms with van der Waals surface area (Å²) < 4.78 is 11.8. The first-order valence-electron chi connectivity index (χ1n) is 10.7. The molecule has 1 fully saturated rings. The molecule has 1 amide bonds. The van der Waals surface area contributed by atoms with Gasteiger partial charge in [0.2, 0.25) is 5.76 Å². The molecule has 0 radical (unpaired) electrons. The molecule has 1 aliphatic rings. The summed E-state index contributed by atoms with van der Waals surface area (Å²) in [6.07, 6.45) is 0.132. The topological polar surface area (TPSA) is 102 Å². The van der Waals surface area contributed by atoms with E-state index in [0.717, 1.165) is 19.2 Å². The van der Waals surface area contributed by atoms with Gasteiger partial charge in [-0.05, 0) is 56.7 Å². The van der Waals surface area contributed by atoms with Crippen molar-refractivity contribution in [2.24, 2.45) is 0 Å². The maximum Gasteiger partial charge on any atom is 0.412 e. The van der Waals surface area contributed by atoms with Crippen molar-refractivity contribution in [3.8, 4) is 11.8 Å². The van der Waals surface area contributed by atoms with Gasteiger partial charge in [0.15, 0.2) is 0 Å². The van der Waals surface area contributed by atoms with Crippen molar-refractivity contribution in [1.29, 1.82) is 0 Å². The number of carbonyl (C=O) groups excluding carboxylic acids is 1. The zero-order valence-corrected chi connectivity index (χ0v) is 21.1. The molecule has 2 N–H and O–H groups in total. The second-order valence-corrected chi connectivity index (χ2v) is 11.0. The van der Waals surface area contributed by atoms with Crippen molar-refractivity contribution in [2.45, 2.75) is 38.2 Å². The van der Waals surface area contributed by atoms with Gasteiger partial charge in [0, 0.05) is 20.8 Å². The molecule has 3 aromatic heterocycles. The molecule has 178 valence electrons. The Kier molecular flexibility index (Phi) is 6.05. The Morgan fingerprint density at radius 1 is 1.26 bits per heavy atom. The lowest BCUT2D eigenvalue weighted by atomic mass is 10.1. The van der Waals surface area contributed by atoms with Gasteiger partial charge >= 0.3 is 12.1 Å². The quantitative estimate of drug-likeness (QED) is 0.279. The normalized spacial score (nSPS) is 14.7. The minimum atomic E-state index is -0.757. The number of rotatable bonds is 5. The Hall–Kier alpha value is -3.32. The third-order valence-electron chi connectivity index (χ3n) is 5.86. The Morgan fingerprint density at radius 2 is 2.03 bits per heavy atom. The molecule has 10 heteroatoms. The number of hydrogen-bond acceptors (Lipinski definition) is 7. The minimum absolute atomic E-state index is 0.213. The summed E-state index contributed by atoms with van der Waals surface area (Å²) in [5, 5.41) is 17.6. The highest BCUT2D eigenvalue weighted by molar-refractivity contribution is 7.38. The molecule has 1 aromatic carbocycles. The monoisotopic (exact) mass is 526 g/mol. The van der Waals surface area contributed by atoms with E-state index in [1.807, 2.05) is 18.2 Å². The largest absolute Gasteiger partial charge is 0.481 e. The summed E-state index contributed by atoms with van der Waals surface area (Å²) in [4.78, 5) is 25.8. The number of aliphatic carboxylic acids is 1. The Bertz CT molecular complexity index is 1490. The number of carboxylic acids is 1. The number of ether oxygens (including phenoxy) is 1. The standard InChI is InChI=1S/C25H19ClN2O5S2/c1-13-21(27-24(31)32-14(2)17-5-3-4-6-18(17)26)19(33-28-13)8-7-16-11-15-12-20(35-22(15)34-16)25(9-10-25)23(29)30/h3-6,11-12,14H,9-10H2,1-2H3,(H,27,31)(H,29,30). The molecule has 0 bridgehead atoms. The fourth-order valence-corrected chi connectivity index (χ4v) is 6.53. The average Bonchev–Trinajstić information content (AvgIpc) is 3.25. The van der Waals surface area contributed by atoms with Crippen LogP contribution in [0, 0.1) is 18.8 Å². The van der Waals surface area contributed by atoms with Crippen molar-refractivity contribution >= 4 is 61.4 Å². The van der Waals surface area contributed by atoms with Crippen LogP contribution in [0.1, 0.15) is 52.6 Å². The molecule has 4 aromatic rings. The van der Waals surface area contributed by atoms with Crippen LogP contribution in [0.2, 0.25) is 5.02 Å². The van der Waals surface area contributed by atoms with E-state index in [1.165, 1.54) is 22.7 Å². The predicted molar refractivity (Wildman–Crippen MR) is 135 cm³/mol. The van der Waals surface area contributed by atoms with E-state index in [0.29, 0.717) is 34.8 Å². The number of aryl methyl sites for hydroxylation is 1.